The van der Waals surface area contributed by atoms with E-state index in [-0.39, 0.29) is 10.8 Å². The van der Waals surface area contributed by atoms with Crippen LogP contribution in [0.15, 0.2) is 36.7 Å². The second-order valence-corrected chi connectivity index (χ2v) is 4.07. The van der Waals surface area contributed by atoms with E-state index in [9.17, 15) is 4.39 Å². The van der Waals surface area contributed by atoms with Gasteiger partial charge in [0.2, 0.25) is 0 Å². The molecule has 0 spiro atoms. The maximum Gasteiger partial charge on any atom is 0.144 e. The maximum atomic E-state index is 13.0. The molecule has 6 heteroatoms. The summed E-state index contributed by atoms with van der Waals surface area (Å²) >= 11 is 4.77. The van der Waals surface area contributed by atoms with Crippen LogP contribution in [0, 0.1) is 5.82 Å². The Morgan fingerprint density at radius 2 is 2.17 bits per heavy atom. The Bertz CT molecular complexity index is 556. The molecule has 3 N–H and O–H groups in total. The van der Waals surface area contributed by atoms with Crippen molar-refractivity contribution in [3.05, 3.63) is 53.7 Å². The molecule has 0 aliphatic rings. The molecule has 2 rings (SSSR count). The quantitative estimate of drug-likeness (QED) is 0.823. The third-order valence-corrected chi connectivity index (χ3v) is 2.48. The van der Waals surface area contributed by atoms with E-state index >= 15 is 0 Å². The van der Waals surface area contributed by atoms with E-state index < -0.39 is 0 Å². The Kier molecular flexibility index (Phi) is 3.78. The lowest BCUT2D eigenvalue weighted by molar-refractivity contribution is 0.626. The lowest BCUT2D eigenvalue weighted by Crippen LogP contribution is -2.12. The van der Waals surface area contributed by atoms with Gasteiger partial charge in [-0.05, 0) is 17.7 Å². The normalized spacial score (nSPS) is 10.1. The van der Waals surface area contributed by atoms with Crippen LogP contribution in [0.5, 0.6) is 0 Å². The fourth-order valence-corrected chi connectivity index (χ4v) is 1.49. The van der Waals surface area contributed by atoms with Crippen molar-refractivity contribution in [2.24, 2.45) is 5.73 Å². The summed E-state index contributed by atoms with van der Waals surface area (Å²) in [6, 6.07) is 6.35. The van der Waals surface area contributed by atoms with Crippen molar-refractivity contribution in [2.75, 3.05) is 5.32 Å². The molecule has 1 heterocycles. The van der Waals surface area contributed by atoms with Gasteiger partial charge in [-0.2, -0.15) is 0 Å². The second-order valence-electron chi connectivity index (χ2n) is 3.63. The molecule has 0 fully saturated rings. The first-order valence-electron chi connectivity index (χ1n) is 5.25. The summed E-state index contributed by atoms with van der Waals surface area (Å²) in [6.45, 7) is 0.471. The highest BCUT2D eigenvalue weighted by Gasteiger charge is 2.00. The third kappa shape index (κ3) is 3.21. The summed E-state index contributed by atoms with van der Waals surface area (Å²) in [6.07, 6.45) is 3.03. The number of nitrogens with one attached hydrogen (secondary N) is 1. The van der Waals surface area contributed by atoms with E-state index in [1.54, 1.807) is 6.07 Å². The molecular formula is C12H11FN4S. The van der Waals surface area contributed by atoms with Crippen molar-refractivity contribution in [2.45, 2.75) is 6.54 Å². The van der Waals surface area contributed by atoms with Gasteiger partial charge in [-0.25, -0.2) is 14.4 Å². The van der Waals surface area contributed by atoms with Gasteiger partial charge >= 0.3 is 0 Å². The summed E-state index contributed by atoms with van der Waals surface area (Å²) in [5.74, 6) is 0.323. The molecule has 0 atom stereocenters. The largest absolute Gasteiger partial charge is 0.388 e. The number of hydrogen-bond donors (Lipinski definition) is 2. The van der Waals surface area contributed by atoms with Crippen LogP contribution in [-0.4, -0.2) is 15.0 Å². The van der Waals surface area contributed by atoms with Gasteiger partial charge in [0, 0.05) is 6.54 Å². The van der Waals surface area contributed by atoms with Crippen LogP contribution in [0.2, 0.25) is 0 Å². The van der Waals surface area contributed by atoms with E-state index in [0.717, 1.165) is 5.56 Å². The predicted octanol–water partition coefficient (Wildman–Crippen LogP) is 1.86. The van der Waals surface area contributed by atoms with Gasteiger partial charge < -0.3 is 11.1 Å². The Morgan fingerprint density at radius 1 is 1.33 bits per heavy atom. The first-order chi connectivity index (χ1) is 8.65. The third-order valence-electron chi connectivity index (χ3n) is 2.27. The monoisotopic (exact) mass is 262 g/mol. The average Bonchev–Trinajstić information content (AvgIpc) is 2.37. The molecule has 0 radical (unpaired) electrons. The molecular weight excluding hydrogens is 251 g/mol. The molecule has 2 aromatic rings. The van der Waals surface area contributed by atoms with Crippen molar-refractivity contribution in [3.8, 4) is 0 Å². The second kappa shape index (κ2) is 5.50. The number of halogens is 1. The molecule has 1 aromatic carbocycles. The van der Waals surface area contributed by atoms with Crippen molar-refractivity contribution < 1.29 is 4.39 Å². The average molecular weight is 262 g/mol. The Hall–Kier alpha value is -2.08. The SMILES string of the molecule is NC(=S)c1cnc(NCc2cccc(F)c2)cn1. The summed E-state index contributed by atoms with van der Waals surface area (Å²) in [7, 11) is 0. The molecule has 0 aliphatic carbocycles. The zero-order valence-electron chi connectivity index (χ0n) is 9.43. The summed E-state index contributed by atoms with van der Waals surface area (Å²) in [4.78, 5) is 8.35. The van der Waals surface area contributed by atoms with E-state index in [1.165, 1.54) is 24.5 Å². The number of rotatable bonds is 4. The zero-order chi connectivity index (χ0) is 13.0. The van der Waals surface area contributed by atoms with Crippen molar-refractivity contribution >= 4 is 23.0 Å². The molecule has 0 saturated carbocycles. The fourth-order valence-electron chi connectivity index (χ4n) is 1.39. The Labute approximate surface area is 109 Å². The number of nitrogens with zero attached hydrogens (tertiary/aromatic N) is 2. The van der Waals surface area contributed by atoms with E-state index in [4.69, 9.17) is 18.0 Å². The van der Waals surface area contributed by atoms with Crippen molar-refractivity contribution in [1.82, 2.24) is 9.97 Å². The van der Waals surface area contributed by atoms with E-state index in [1.807, 2.05) is 6.07 Å². The topological polar surface area (TPSA) is 63.8 Å². The number of benzene rings is 1. The number of thiocarbonyl (C=S) groups is 1. The molecule has 0 unspecified atom stereocenters. The standard InChI is InChI=1S/C12H11FN4S/c13-9-3-1-2-8(4-9)5-16-11-7-15-10(6-17-11)12(14)18/h1-4,6-7H,5H2,(H2,14,18)(H,16,17). The Balaban J connectivity index is 2.00. The minimum Gasteiger partial charge on any atom is -0.388 e. The van der Waals surface area contributed by atoms with Crippen LogP contribution in [0.25, 0.3) is 0 Å². The highest BCUT2D eigenvalue weighted by Crippen LogP contribution is 2.07. The Morgan fingerprint density at radius 3 is 2.78 bits per heavy atom. The molecule has 92 valence electrons. The van der Waals surface area contributed by atoms with Crippen LogP contribution in [0.1, 0.15) is 11.3 Å². The minimum atomic E-state index is -0.260. The van der Waals surface area contributed by atoms with Crippen LogP contribution in [0.4, 0.5) is 10.2 Å². The molecule has 0 aliphatic heterocycles. The molecule has 0 bridgehead atoms. The van der Waals surface area contributed by atoms with E-state index in [2.05, 4.69) is 15.3 Å². The minimum absolute atomic E-state index is 0.208. The lowest BCUT2D eigenvalue weighted by Gasteiger charge is -2.05. The summed E-state index contributed by atoms with van der Waals surface area (Å²) in [5, 5.41) is 3.03. The van der Waals surface area contributed by atoms with Gasteiger partial charge in [-0.1, -0.05) is 24.4 Å². The first kappa shape index (κ1) is 12.4. The van der Waals surface area contributed by atoms with Crippen LogP contribution in [0.3, 0.4) is 0 Å². The fraction of sp³-hybridized carbons (Fsp3) is 0.0833. The van der Waals surface area contributed by atoms with Gasteiger partial charge in [-0.15, -0.1) is 0 Å². The van der Waals surface area contributed by atoms with Crippen LogP contribution in [-0.2, 0) is 6.54 Å². The number of nitrogens with two attached hydrogens (primary N) is 1. The first-order valence-corrected chi connectivity index (χ1v) is 5.66. The van der Waals surface area contributed by atoms with Gasteiger partial charge in [0.15, 0.2) is 0 Å². The molecule has 1 aromatic heterocycles. The van der Waals surface area contributed by atoms with Crippen molar-refractivity contribution in [1.29, 1.82) is 0 Å². The molecule has 0 saturated heterocycles. The van der Waals surface area contributed by atoms with Gasteiger partial charge in [0.25, 0.3) is 0 Å². The number of anilines is 1. The molecule has 18 heavy (non-hydrogen) atoms. The maximum absolute atomic E-state index is 13.0. The van der Waals surface area contributed by atoms with Gasteiger partial charge in [0.1, 0.15) is 22.3 Å². The lowest BCUT2D eigenvalue weighted by atomic mass is 10.2. The summed E-state index contributed by atoms with van der Waals surface area (Å²) in [5.41, 5.74) is 6.71. The van der Waals surface area contributed by atoms with Crippen LogP contribution >= 0.6 is 12.2 Å². The van der Waals surface area contributed by atoms with Gasteiger partial charge in [0.05, 0.1) is 12.4 Å². The highest BCUT2D eigenvalue weighted by atomic mass is 32.1. The molecule has 0 amide bonds. The van der Waals surface area contributed by atoms with E-state index in [0.29, 0.717) is 18.1 Å². The van der Waals surface area contributed by atoms with Crippen LogP contribution < -0.4 is 11.1 Å². The number of aromatic nitrogens is 2. The van der Waals surface area contributed by atoms with Gasteiger partial charge in [-0.3, -0.25) is 0 Å². The summed E-state index contributed by atoms with van der Waals surface area (Å²) < 4.78 is 13.0. The molecule has 4 nitrogen and oxygen atoms in total. The number of hydrogen-bond acceptors (Lipinski definition) is 4. The predicted molar refractivity (Wildman–Crippen MR) is 71.6 cm³/mol. The highest BCUT2D eigenvalue weighted by molar-refractivity contribution is 7.80. The van der Waals surface area contributed by atoms with Crippen molar-refractivity contribution in [3.63, 3.8) is 0 Å². The smallest absolute Gasteiger partial charge is 0.144 e. The zero-order valence-corrected chi connectivity index (χ0v) is 10.2.